The van der Waals surface area contributed by atoms with Crippen molar-refractivity contribution in [3.8, 4) is 10.6 Å². The second-order valence-electron chi connectivity index (χ2n) is 5.53. The fraction of sp³-hybridized carbons (Fsp3) is 0.222. The lowest BCUT2D eigenvalue weighted by molar-refractivity contribution is -0.120. The molecule has 0 fully saturated rings. The lowest BCUT2D eigenvalue weighted by atomic mass is 10.1. The minimum atomic E-state index is -0.296. The van der Waals surface area contributed by atoms with Gasteiger partial charge in [-0.2, -0.15) is 0 Å². The van der Waals surface area contributed by atoms with Crippen molar-refractivity contribution in [2.45, 2.75) is 12.8 Å². The van der Waals surface area contributed by atoms with E-state index in [0.717, 1.165) is 22.0 Å². The van der Waals surface area contributed by atoms with E-state index in [-0.39, 0.29) is 18.1 Å². The van der Waals surface area contributed by atoms with Gasteiger partial charge in [0, 0.05) is 26.2 Å². The van der Waals surface area contributed by atoms with E-state index in [1.165, 1.54) is 12.1 Å². The topological polar surface area (TPSA) is 46.9 Å². The smallest absolute Gasteiger partial charge is 0.224 e. The standard InChI is InChI=1S/C18H18FN3OS/c1-22-12-15(16-3-2-10-24-16)21-17(22)8-9-20-18(23)11-13-4-6-14(19)7-5-13/h2-7,10,12H,8-9,11H2,1H3,(H,20,23). The predicted octanol–water partition coefficient (Wildman–Crippen LogP) is 3.19. The zero-order valence-electron chi connectivity index (χ0n) is 13.3. The summed E-state index contributed by atoms with van der Waals surface area (Å²) in [5.41, 5.74) is 1.76. The Balaban J connectivity index is 1.51. The number of hydrogen-bond acceptors (Lipinski definition) is 3. The number of rotatable bonds is 6. The summed E-state index contributed by atoms with van der Waals surface area (Å²) in [6.07, 6.45) is 2.92. The average Bonchev–Trinajstić information content (AvgIpc) is 3.20. The van der Waals surface area contributed by atoms with Crippen LogP contribution in [0.2, 0.25) is 0 Å². The largest absolute Gasteiger partial charge is 0.355 e. The fourth-order valence-corrected chi connectivity index (χ4v) is 3.12. The summed E-state index contributed by atoms with van der Waals surface area (Å²) in [7, 11) is 1.96. The van der Waals surface area contributed by atoms with Gasteiger partial charge < -0.3 is 9.88 Å². The van der Waals surface area contributed by atoms with Crippen molar-refractivity contribution in [3.05, 3.63) is 65.2 Å². The Labute approximate surface area is 144 Å². The first-order chi connectivity index (χ1) is 11.6. The van der Waals surface area contributed by atoms with Gasteiger partial charge in [-0.05, 0) is 29.1 Å². The zero-order valence-corrected chi connectivity index (χ0v) is 14.1. The monoisotopic (exact) mass is 343 g/mol. The number of nitrogens with zero attached hydrogens (tertiary/aromatic N) is 2. The fourth-order valence-electron chi connectivity index (χ4n) is 2.44. The minimum absolute atomic E-state index is 0.0747. The zero-order chi connectivity index (χ0) is 16.9. The molecule has 0 radical (unpaired) electrons. The number of carbonyl (C=O) groups excluding carboxylic acids is 1. The number of benzene rings is 1. The summed E-state index contributed by atoms with van der Waals surface area (Å²) in [5.74, 6) is 0.560. The molecule has 6 heteroatoms. The molecule has 3 rings (SSSR count). The summed E-state index contributed by atoms with van der Waals surface area (Å²) in [5, 5.41) is 4.91. The molecule has 0 spiro atoms. The molecule has 0 aliphatic carbocycles. The third-order valence-corrected chi connectivity index (χ3v) is 4.59. The molecular weight excluding hydrogens is 325 g/mol. The van der Waals surface area contributed by atoms with Crippen LogP contribution in [0.3, 0.4) is 0 Å². The van der Waals surface area contributed by atoms with Crippen molar-refractivity contribution in [1.82, 2.24) is 14.9 Å². The van der Waals surface area contributed by atoms with Crippen molar-refractivity contribution in [3.63, 3.8) is 0 Å². The molecule has 0 saturated heterocycles. The van der Waals surface area contributed by atoms with Crippen molar-refractivity contribution in [2.75, 3.05) is 6.54 Å². The quantitative estimate of drug-likeness (QED) is 0.747. The number of amides is 1. The molecule has 0 unspecified atom stereocenters. The third kappa shape index (κ3) is 4.08. The molecule has 2 aromatic heterocycles. The highest BCUT2D eigenvalue weighted by Crippen LogP contribution is 2.23. The molecule has 2 heterocycles. The normalized spacial score (nSPS) is 10.8. The highest BCUT2D eigenvalue weighted by molar-refractivity contribution is 7.13. The number of hydrogen-bond donors (Lipinski definition) is 1. The van der Waals surface area contributed by atoms with Crippen molar-refractivity contribution in [1.29, 1.82) is 0 Å². The van der Waals surface area contributed by atoms with Gasteiger partial charge in [0.05, 0.1) is 17.0 Å². The number of imidazole rings is 1. The maximum Gasteiger partial charge on any atom is 0.224 e. The van der Waals surface area contributed by atoms with Gasteiger partial charge in [-0.1, -0.05) is 18.2 Å². The number of carbonyl (C=O) groups is 1. The van der Waals surface area contributed by atoms with E-state index in [1.54, 1.807) is 23.5 Å². The van der Waals surface area contributed by atoms with Gasteiger partial charge in [0.1, 0.15) is 11.6 Å². The first-order valence-corrected chi connectivity index (χ1v) is 8.57. The van der Waals surface area contributed by atoms with E-state index in [4.69, 9.17) is 0 Å². The predicted molar refractivity (Wildman–Crippen MR) is 93.3 cm³/mol. The summed E-state index contributed by atoms with van der Waals surface area (Å²) < 4.78 is 14.8. The van der Waals surface area contributed by atoms with E-state index in [9.17, 15) is 9.18 Å². The van der Waals surface area contributed by atoms with E-state index in [0.29, 0.717) is 13.0 Å². The molecule has 1 N–H and O–H groups in total. The van der Waals surface area contributed by atoms with Crippen LogP contribution in [-0.2, 0) is 24.7 Å². The lowest BCUT2D eigenvalue weighted by Crippen LogP contribution is -2.27. The van der Waals surface area contributed by atoms with Gasteiger partial charge in [0.15, 0.2) is 0 Å². The average molecular weight is 343 g/mol. The molecule has 24 heavy (non-hydrogen) atoms. The SMILES string of the molecule is Cn1cc(-c2cccs2)nc1CCNC(=O)Cc1ccc(F)cc1. The van der Waals surface area contributed by atoms with Gasteiger partial charge in [0.2, 0.25) is 5.91 Å². The molecule has 3 aromatic rings. The summed E-state index contributed by atoms with van der Waals surface area (Å²) in [6, 6.07) is 10.0. The first-order valence-electron chi connectivity index (χ1n) is 7.69. The molecule has 0 atom stereocenters. The minimum Gasteiger partial charge on any atom is -0.355 e. The van der Waals surface area contributed by atoms with E-state index in [2.05, 4.69) is 10.3 Å². The number of thiophene rings is 1. The molecule has 0 aliphatic rings. The maximum atomic E-state index is 12.8. The van der Waals surface area contributed by atoms with Crippen LogP contribution in [-0.4, -0.2) is 22.0 Å². The van der Waals surface area contributed by atoms with Crippen LogP contribution in [0.5, 0.6) is 0 Å². The van der Waals surface area contributed by atoms with Crippen LogP contribution in [0.1, 0.15) is 11.4 Å². The maximum absolute atomic E-state index is 12.8. The Bertz CT molecular complexity index is 809. The molecule has 1 amide bonds. The first kappa shape index (κ1) is 16.4. The Kier molecular flexibility index (Phi) is 5.05. The van der Waals surface area contributed by atoms with Crippen LogP contribution < -0.4 is 5.32 Å². The Morgan fingerprint density at radius 1 is 1.29 bits per heavy atom. The summed E-state index contributed by atoms with van der Waals surface area (Å²) in [4.78, 5) is 17.7. The molecular formula is C18H18FN3OS. The van der Waals surface area contributed by atoms with Crippen LogP contribution >= 0.6 is 11.3 Å². The molecule has 0 aliphatic heterocycles. The van der Waals surface area contributed by atoms with E-state index in [1.807, 2.05) is 35.3 Å². The summed E-state index contributed by atoms with van der Waals surface area (Å²) in [6.45, 7) is 0.523. The van der Waals surface area contributed by atoms with Gasteiger partial charge in [0.25, 0.3) is 0 Å². The number of halogens is 1. The molecule has 4 nitrogen and oxygen atoms in total. The summed E-state index contributed by atoms with van der Waals surface area (Å²) >= 11 is 1.66. The molecule has 124 valence electrons. The van der Waals surface area contributed by atoms with E-state index >= 15 is 0 Å². The Hall–Kier alpha value is -2.47. The second kappa shape index (κ2) is 7.40. The van der Waals surface area contributed by atoms with Gasteiger partial charge in [-0.15, -0.1) is 11.3 Å². The molecule has 0 bridgehead atoms. The number of nitrogens with one attached hydrogen (secondary N) is 1. The lowest BCUT2D eigenvalue weighted by Gasteiger charge is -2.05. The van der Waals surface area contributed by atoms with Crippen molar-refractivity contribution in [2.24, 2.45) is 7.05 Å². The highest BCUT2D eigenvalue weighted by atomic mass is 32.1. The van der Waals surface area contributed by atoms with Crippen molar-refractivity contribution < 1.29 is 9.18 Å². The van der Waals surface area contributed by atoms with Gasteiger partial charge >= 0.3 is 0 Å². The van der Waals surface area contributed by atoms with Crippen LogP contribution in [0, 0.1) is 5.82 Å². The van der Waals surface area contributed by atoms with Crippen LogP contribution in [0.15, 0.2) is 48.0 Å². The Morgan fingerprint density at radius 3 is 2.79 bits per heavy atom. The Morgan fingerprint density at radius 2 is 2.08 bits per heavy atom. The van der Waals surface area contributed by atoms with Crippen LogP contribution in [0.4, 0.5) is 4.39 Å². The van der Waals surface area contributed by atoms with Gasteiger partial charge in [-0.3, -0.25) is 4.79 Å². The van der Waals surface area contributed by atoms with Crippen molar-refractivity contribution >= 4 is 17.2 Å². The molecule has 1 aromatic carbocycles. The highest BCUT2D eigenvalue weighted by Gasteiger charge is 2.09. The van der Waals surface area contributed by atoms with Gasteiger partial charge in [-0.25, -0.2) is 9.37 Å². The number of aryl methyl sites for hydroxylation is 1. The number of aromatic nitrogens is 2. The van der Waals surface area contributed by atoms with E-state index < -0.39 is 0 Å². The van der Waals surface area contributed by atoms with Crippen LogP contribution in [0.25, 0.3) is 10.6 Å². The molecule has 0 saturated carbocycles. The second-order valence-corrected chi connectivity index (χ2v) is 6.48. The third-order valence-electron chi connectivity index (χ3n) is 3.69.